The topological polar surface area (TPSA) is 107 Å². The molecular weight excluding hydrogens is 396 g/mol. The summed E-state index contributed by atoms with van der Waals surface area (Å²) in [5.74, 6) is 1.05. The number of hydrogen-bond acceptors (Lipinski definition) is 7. The van der Waals surface area contributed by atoms with Crippen molar-refractivity contribution in [1.29, 1.82) is 0 Å². The van der Waals surface area contributed by atoms with Crippen LogP contribution in [-0.4, -0.2) is 63.8 Å². The average Bonchev–Trinajstić information content (AvgIpc) is 3.44. The normalized spacial score (nSPS) is 15.8. The van der Waals surface area contributed by atoms with E-state index in [0.29, 0.717) is 18.2 Å². The number of aromatic hydroxyl groups is 1. The second kappa shape index (κ2) is 8.63. The lowest BCUT2D eigenvalue weighted by molar-refractivity contribution is -0.131. The molecule has 9 heteroatoms. The first-order valence-corrected chi connectivity index (χ1v) is 10.2. The van der Waals surface area contributed by atoms with E-state index in [0.717, 1.165) is 35.4 Å². The Morgan fingerprint density at radius 1 is 1.35 bits per heavy atom. The van der Waals surface area contributed by atoms with Crippen LogP contribution in [0.25, 0.3) is 11.3 Å². The molecule has 1 atom stereocenters. The molecule has 4 rings (SSSR count). The Balaban J connectivity index is 1.58. The highest BCUT2D eigenvalue weighted by molar-refractivity contribution is 5.80. The Morgan fingerprint density at radius 2 is 2.19 bits per heavy atom. The van der Waals surface area contributed by atoms with Gasteiger partial charge in [-0.05, 0) is 36.6 Å². The van der Waals surface area contributed by atoms with Gasteiger partial charge in [-0.3, -0.25) is 9.89 Å². The molecule has 9 nitrogen and oxygen atoms in total. The Labute approximate surface area is 180 Å². The fourth-order valence-electron chi connectivity index (χ4n) is 3.94. The number of H-pyrrole nitrogens is 1. The van der Waals surface area contributed by atoms with Gasteiger partial charge in [-0.15, -0.1) is 0 Å². The number of ether oxygens (including phenoxy) is 1. The highest BCUT2D eigenvalue weighted by Crippen LogP contribution is 2.36. The van der Waals surface area contributed by atoms with E-state index in [-0.39, 0.29) is 24.1 Å². The molecule has 1 saturated heterocycles. The molecule has 31 heavy (non-hydrogen) atoms. The van der Waals surface area contributed by atoms with Crippen molar-refractivity contribution in [3.05, 3.63) is 47.9 Å². The number of rotatable bonds is 6. The van der Waals surface area contributed by atoms with Gasteiger partial charge in [0.25, 0.3) is 0 Å². The summed E-state index contributed by atoms with van der Waals surface area (Å²) in [6.07, 6.45) is 5.48. The highest BCUT2D eigenvalue weighted by atomic mass is 16.5. The summed E-state index contributed by atoms with van der Waals surface area (Å²) in [5, 5.41) is 17.1. The number of aromatic amines is 1. The average molecular weight is 422 g/mol. The molecule has 2 N–H and O–H groups in total. The molecule has 0 bridgehead atoms. The lowest BCUT2D eigenvalue weighted by atomic mass is 10.0. The number of amides is 1. The predicted octanol–water partition coefficient (Wildman–Crippen LogP) is 2.55. The lowest BCUT2D eigenvalue weighted by Crippen LogP contribution is -2.32. The summed E-state index contributed by atoms with van der Waals surface area (Å²) in [4.78, 5) is 25.8. The molecule has 0 unspecified atom stereocenters. The van der Waals surface area contributed by atoms with Crippen molar-refractivity contribution < 1.29 is 14.6 Å². The van der Waals surface area contributed by atoms with Crippen molar-refractivity contribution in [3.63, 3.8) is 0 Å². The lowest BCUT2D eigenvalue weighted by Gasteiger charge is -2.25. The quantitative estimate of drug-likeness (QED) is 0.629. The highest BCUT2D eigenvalue weighted by Gasteiger charge is 2.33. The zero-order valence-electron chi connectivity index (χ0n) is 17.9. The number of aromatic nitrogens is 4. The van der Waals surface area contributed by atoms with E-state index >= 15 is 0 Å². The first-order valence-electron chi connectivity index (χ1n) is 10.2. The van der Waals surface area contributed by atoms with Crippen molar-refractivity contribution in [2.24, 2.45) is 0 Å². The molecule has 1 amide bonds. The van der Waals surface area contributed by atoms with Crippen LogP contribution in [0.4, 0.5) is 5.95 Å². The van der Waals surface area contributed by atoms with Crippen molar-refractivity contribution >= 4 is 11.9 Å². The molecule has 0 saturated carbocycles. The van der Waals surface area contributed by atoms with Crippen LogP contribution in [0, 0.1) is 0 Å². The minimum Gasteiger partial charge on any atom is -0.504 e. The number of anilines is 1. The zero-order chi connectivity index (χ0) is 22.0. The summed E-state index contributed by atoms with van der Waals surface area (Å²) in [6.45, 7) is 0.684. The van der Waals surface area contributed by atoms with Gasteiger partial charge < -0.3 is 19.6 Å². The van der Waals surface area contributed by atoms with Crippen LogP contribution in [0.2, 0.25) is 0 Å². The third-order valence-electron chi connectivity index (χ3n) is 5.49. The Morgan fingerprint density at radius 3 is 2.97 bits per heavy atom. The number of hydrogen-bond donors (Lipinski definition) is 2. The van der Waals surface area contributed by atoms with Gasteiger partial charge in [-0.2, -0.15) is 5.10 Å². The number of carbonyl (C=O) groups excluding carboxylic acids is 1. The number of phenols is 1. The van der Waals surface area contributed by atoms with Crippen LogP contribution in [-0.2, 0) is 11.2 Å². The Bertz CT molecular complexity index is 1080. The van der Waals surface area contributed by atoms with Crippen molar-refractivity contribution in [2.45, 2.75) is 25.3 Å². The van der Waals surface area contributed by atoms with Crippen LogP contribution >= 0.6 is 0 Å². The fourth-order valence-corrected chi connectivity index (χ4v) is 3.94. The van der Waals surface area contributed by atoms with Gasteiger partial charge in [0.2, 0.25) is 11.9 Å². The summed E-state index contributed by atoms with van der Waals surface area (Å²) >= 11 is 0. The summed E-state index contributed by atoms with van der Waals surface area (Å²) < 4.78 is 5.16. The van der Waals surface area contributed by atoms with Gasteiger partial charge >= 0.3 is 0 Å². The van der Waals surface area contributed by atoms with Crippen LogP contribution < -0.4 is 9.64 Å². The number of nitrogens with zero attached hydrogens (tertiary/aromatic N) is 5. The molecule has 1 aliphatic heterocycles. The third-order valence-corrected chi connectivity index (χ3v) is 5.49. The van der Waals surface area contributed by atoms with Gasteiger partial charge in [0.15, 0.2) is 11.5 Å². The van der Waals surface area contributed by atoms with Crippen molar-refractivity contribution in [1.82, 2.24) is 25.1 Å². The van der Waals surface area contributed by atoms with Gasteiger partial charge in [-0.1, -0.05) is 6.07 Å². The fraction of sp³-hybridized carbons (Fsp3) is 0.364. The first-order chi connectivity index (χ1) is 15.0. The van der Waals surface area contributed by atoms with Gasteiger partial charge in [0.1, 0.15) is 0 Å². The third kappa shape index (κ3) is 4.16. The number of phenolic OH excluding ortho intramolecular Hbond substituents is 1. The summed E-state index contributed by atoms with van der Waals surface area (Å²) in [6, 6.07) is 6.75. The van der Waals surface area contributed by atoms with E-state index in [2.05, 4.69) is 20.2 Å². The van der Waals surface area contributed by atoms with Crippen LogP contribution in [0.3, 0.4) is 0 Å². The van der Waals surface area contributed by atoms with Crippen molar-refractivity contribution in [2.75, 3.05) is 32.6 Å². The van der Waals surface area contributed by atoms with E-state index in [1.165, 1.54) is 7.11 Å². The van der Waals surface area contributed by atoms with E-state index in [1.54, 1.807) is 30.6 Å². The molecule has 0 spiro atoms. The van der Waals surface area contributed by atoms with E-state index in [1.807, 2.05) is 30.0 Å². The minimum absolute atomic E-state index is 0.0208. The van der Waals surface area contributed by atoms with Gasteiger partial charge in [0, 0.05) is 32.4 Å². The maximum atomic E-state index is 13.2. The number of likely N-dealkylation sites (tertiary alicyclic amines) is 1. The van der Waals surface area contributed by atoms with Gasteiger partial charge in [0.05, 0.1) is 37.2 Å². The number of carbonyl (C=O) groups is 1. The second-order valence-electron chi connectivity index (χ2n) is 7.76. The van der Waals surface area contributed by atoms with E-state index < -0.39 is 0 Å². The second-order valence-corrected chi connectivity index (χ2v) is 7.76. The number of benzene rings is 1. The Kier molecular flexibility index (Phi) is 5.75. The number of methoxy groups -OCH3 is 1. The monoisotopic (exact) mass is 422 g/mol. The maximum absolute atomic E-state index is 13.2. The molecule has 1 fully saturated rings. The first kappa shape index (κ1) is 20.6. The maximum Gasteiger partial charge on any atom is 0.227 e. The minimum atomic E-state index is -0.0956. The molecule has 3 aromatic rings. The van der Waals surface area contributed by atoms with Crippen LogP contribution in [0.1, 0.15) is 30.1 Å². The standard InChI is InChI=1S/C22H26N6O3/c1-27(2)22-23-9-8-16(25-22)15-13-24-26-21(15)17-5-4-10-28(17)20(30)12-14-6-7-18(29)19(11-14)31-3/h6-9,11,13,17,29H,4-5,10,12H2,1-3H3,(H,24,26)/t17-/m1/s1. The molecule has 3 heterocycles. The molecule has 0 radical (unpaired) electrons. The molecule has 162 valence electrons. The SMILES string of the molecule is COc1cc(CC(=O)N2CCC[C@@H]2c2[nH]ncc2-c2ccnc(N(C)C)n2)ccc1O. The van der Waals surface area contributed by atoms with Crippen LogP contribution in [0.5, 0.6) is 11.5 Å². The van der Waals surface area contributed by atoms with E-state index in [9.17, 15) is 9.90 Å². The molecule has 0 aliphatic carbocycles. The number of nitrogens with one attached hydrogen (secondary N) is 1. The van der Waals surface area contributed by atoms with Crippen LogP contribution in [0.15, 0.2) is 36.7 Å². The molecular formula is C22H26N6O3. The Hall–Kier alpha value is -3.62. The van der Waals surface area contributed by atoms with E-state index in [4.69, 9.17) is 4.74 Å². The summed E-state index contributed by atoms with van der Waals surface area (Å²) in [7, 11) is 5.28. The smallest absolute Gasteiger partial charge is 0.227 e. The molecule has 2 aromatic heterocycles. The largest absolute Gasteiger partial charge is 0.504 e. The van der Waals surface area contributed by atoms with Crippen molar-refractivity contribution in [3.8, 4) is 22.8 Å². The predicted molar refractivity (Wildman–Crippen MR) is 116 cm³/mol. The zero-order valence-corrected chi connectivity index (χ0v) is 17.9. The van der Waals surface area contributed by atoms with Gasteiger partial charge in [-0.25, -0.2) is 9.97 Å². The molecule has 1 aliphatic rings. The molecule has 1 aromatic carbocycles. The summed E-state index contributed by atoms with van der Waals surface area (Å²) in [5.41, 5.74) is 3.32.